The second kappa shape index (κ2) is 10.9. The van der Waals surface area contributed by atoms with Crippen molar-refractivity contribution in [1.82, 2.24) is 5.43 Å². The van der Waals surface area contributed by atoms with E-state index >= 15 is 0 Å². The van der Waals surface area contributed by atoms with Crippen molar-refractivity contribution < 1.29 is 17.9 Å². The van der Waals surface area contributed by atoms with Gasteiger partial charge in [0.2, 0.25) is 0 Å². The highest BCUT2D eigenvalue weighted by atomic mass is 35.5. The van der Waals surface area contributed by atoms with Gasteiger partial charge in [0.1, 0.15) is 11.5 Å². The first kappa shape index (κ1) is 24.0. The van der Waals surface area contributed by atoms with E-state index < -0.39 is 15.9 Å². The van der Waals surface area contributed by atoms with Crippen molar-refractivity contribution in [1.29, 1.82) is 0 Å². The standard InChI is InChI=1S/C26H20ClN3O4S/c27-21-12-14-22(15-13-21)30-35(32,33)25-11-5-7-20(17-25)26(31)29-28-18-19-6-4-10-24(16-19)34-23-8-2-1-3-9-23/h1-18,30H,(H,29,31)/b28-18+. The minimum atomic E-state index is -3.90. The van der Waals surface area contributed by atoms with Gasteiger partial charge in [-0.1, -0.05) is 48.0 Å². The van der Waals surface area contributed by atoms with E-state index in [9.17, 15) is 13.2 Å². The third-order valence-electron chi connectivity index (χ3n) is 4.72. The first-order chi connectivity index (χ1) is 16.9. The molecule has 0 atom stereocenters. The number of para-hydroxylation sites is 1. The summed E-state index contributed by atoms with van der Waals surface area (Å²) in [6, 6.07) is 28.5. The lowest BCUT2D eigenvalue weighted by atomic mass is 10.2. The Kier molecular flexibility index (Phi) is 7.45. The number of carbonyl (C=O) groups excluding carboxylic acids is 1. The van der Waals surface area contributed by atoms with Gasteiger partial charge in [0, 0.05) is 16.3 Å². The van der Waals surface area contributed by atoms with Gasteiger partial charge in [-0.05, 0) is 72.3 Å². The number of halogens is 1. The molecule has 0 aromatic heterocycles. The highest BCUT2D eigenvalue weighted by Crippen LogP contribution is 2.22. The monoisotopic (exact) mass is 505 g/mol. The van der Waals surface area contributed by atoms with Gasteiger partial charge in [0.05, 0.1) is 11.1 Å². The molecule has 0 bridgehead atoms. The van der Waals surface area contributed by atoms with E-state index in [2.05, 4.69) is 15.2 Å². The van der Waals surface area contributed by atoms with Crippen LogP contribution in [0.15, 0.2) is 113 Å². The first-order valence-electron chi connectivity index (χ1n) is 10.4. The molecule has 0 aliphatic carbocycles. The number of sulfonamides is 1. The summed E-state index contributed by atoms with van der Waals surface area (Å²) in [5, 5.41) is 4.46. The predicted octanol–water partition coefficient (Wildman–Crippen LogP) is 5.70. The van der Waals surface area contributed by atoms with Crippen LogP contribution in [-0.2, 0) is 10.0 Å². The fraction of sp³-hybridized carbons (Fsp3) is 0. The maximum atomic E-state index is 12.7. The molecule has 0 saturated heterocycles. The largest absolute Gasteiger partial charge is 0.457 e. The maximum Gasteiger partial charge on any atom is 0.271 e. The summed E-state index contributed by atoms with van der Waals surface area (Å²) in [5.74, 6) is 0.773. The molecule has 1 amide bonds. The molecule has 4 aromatic carbocycles. The number of rotatable bonds is 8. The van der Waals surface area contributed by atoms with Crippen LogP contribution in [0.25, 0.3) is 0 Å². The number of hydrogen-bond acceptors (Lipinski definition) is 5. The molecule has 4 rings (SSSR count). The zero-order valence-corrected chi connectivity index (χ0v) is 19.8. The smallest absolute Gasteiger partial charge is 0.271 e. The maximum absolute atomic E-state index is 12.7. The van der Waals surface area contributed by atoms with Crippen molar-refractivity contribution in [2.24, 2.45) is 5.10 Å². The van der Waals surface area contributed by atoms with Gasteiger partial charge in [0.15, 0.2) is 0 Å². The summed E-state index contributed by atoms with van der Waals surface area (Å²) in [4.78, 5) is 12.5. The molecule has 7 nitrogen and oxygen atoms in total. The average molecular weight is 506 g/mol. The molecule has 0 aliphatic rings. The Morgan fingerprint density at radius 3 is 2.31 bits per heavy atom. The van der Waals surface area contributed by atoms with Crippen LogP contribution >= 0.6 is 11.6 Å². The Bertz CT molecular complexity index is 1460. The Morgan fingerprint density at radius 2 is 1.54 bits per heavy atom. The highest BCUT2D eigenvalue weighted by molar-refractivity contribution is 7.92. The van der Waals surface area contributed by atoms with Crippen molar-refractivity contribution >= 4 is 39.4 Å². The number of anilines is 1. The molecule has 2 N–H and O–H groups in total. The summed E-state index contributed by atoms with van der Waals surface area (Å²) < 4.78 is 33.7. The zero-order valence-electron chi connectivity index (χ0n) is 18.3. The van der Waals surface area contributed by atoms with Crippen LogP contribution in [-0.4, -0.2) is 20.5 Å². The van der Waals surface area contributed by atoms with E-state index in [0.29, 0.717) is 27.8 Å². The van der Waals surface area contributed by atoms with Gasteiger partial charge < -0.3 is 4.74 Å². The van der Waals surface area contributed by atoms with Crippen LogP contribution in [0.4, 0.5) is 5.69 Å². The van der Waals surface area contributed by atoms with Crippen molar-refractivity contribution in [3.8, 4) is 11.5 Å². The molecule has 0 fully saturated rings. The second-order valence-electron chi connectivity index (χ2n) is 7.33. The highest BCUT2D eigenvalue weighted by Gasteiger charge is 2.16. The minimum absolute atomic E-state index is 0.0603. The van der Waals surface area contributed by atoms with E-state index in [-0.39, 0.29) is 10.5 Å². The van der Waals surface area contributed by atoms with Gasteiger partial charge in [-0.25, -0.2) is 13.8 Å². The number of benzene rings is 4. The minimum Gasteiger partial charge on any atom is -0.457 e. The number of hydrazone groups is 1. The zero-order chi connectivity index (χ0) is 24.7. The van der Waals surface area contributed by atoms with Crippen LogP contribution in [0.2, 0.25) is 5.02 Å². The van der Waals surface area contributed by atoms with E-state index in [4.69, 9.17) is 16.3 Å². The summed E-state index contributed by atoms with van der Waals surface area (Å²) in [5.41, 5.74) is 3.62. The SMILES string of the molecule is O=C(N/N=C/c1cccc(Oc2ccccc2)c1)c1cccc(S(=O)(=O)Nc2ccc(Cl)cc2)c1. The summed E-state index contributed by atoms with van der Waals surface area (Å²) in [7, 11) is -3.90. The lowest BCUT2D eigenvalue weighted by Crippen LogP contribution is -2.19. The second-order valence-corrected chi connectivity index (χ2v) is 9.45. The lowest BCUT2D eigenvalue weighted by molar-refractivity contribution is 0.0955. The van der Waals surface area contributed by atoms with E-state index in [1.807, 2.05) is 48.5 Å². The van der Waals surface area contributed by atoms with Gasteiger partial charge in [-0.15, -0.1) is 0 Å². The summed E-state index contributed by atoms with van der Waals surface area (Å²) >= 11 is 5.84. The van der Waals surface area contributed by atoms with Crippen LogP contribution in [0.3, 0.4) is 0 Å². The van der Waals surface area contributed by atoms with Crippen molar-refractivity contribution in [2.75, 3.05) is 4.72 Å². The molecule has 4 aromatic rings. The fourth-order valence-corrected chi connectivity index (χ4v) is 4.28. The molecule has 0 aliphatic heterocycles. The number of hydrogen-bond donors (Lipinski definition) is 2. The van der Waals surface area contributed by atoms with Gasteiger partial charge in [-0.3, -0.25) is 9.52 Å². The Balaban J connectivity index is 1.41. The summed E-state index contributed by atoms with van der Waals surface area (Å²) in [6.45, 7) is 0. The fourth-order valence-electron chi connectivity index (χ4n) is 3.05. The van der Waals surface area contributed by atoms with Gasteiger partial charge in [0.25, 0.3) is 15.9 Å². The normalized spacial score (nSPS) is 11.2. The molecular formula is C26H20ClN3O4S. The molecule has 35 heavy (non-hydrogen) atoms. The molecule has 0 radical (unpaired) electrons. The predicted molar refractivity (Wildman–Crippen MR) is 137 cm³/mol. The lowest BCUT2D eigenvalue weighted by Gasteiger charge is -2.09. The third-order valence-corrected chi connectivity index (χ3v) is 6.35. The molecule has 9 heteroatoms. The van der Waals surface area contributed by atoms with Crippen molar-refractivity contribution in [2.45, 2.75) is 4.90 Å². The van der Waals surface area contributed by atoms with Gasteiger partial charge >= 0.3 is 0 Å². The Hall–Kier alpha value is -4.14. The Labute approximate surface area is 208 Å². The molecule has 176 valence electrons. The molecular weight excluding hydrogens is 486 g/mol. The third kappa shape index (κ3) is 6.69. The number of carbonyl (C=O) groups is 1. The molecule has 0 spiro atoms. The quantitative estimate of drug-likeness (QED) is 0.237. The molecule has 0 unspecified atom stereocenters. The topological polar surface area (TPSA) is 96.9 Å². The van der Waals surface area contributed by atoms with E-state index in [1.54, 1.807) is 30.3 Å². The average Bonchev–Trinajstić information content (AvgIpc) is 2.86. The van der Waals surface area contributed by atoms with Crippen LogP contribution < -0.4 is 14.9 Å². The van der Waals surface area contributed by atoms with Crippen LogP contribution in [0.1, 0.15) is 15.9 Å². The molecule has 0 heterocycles. The number of amides is 1. The summed E-state index contributed by atoms with van der Waals surface area (Å²) in [6.07, 6.45) is 1.47. The number of nitrogens with one attached hydrogen (secondary N) is 2. The first-order valence-corrected chi connectivity index (χ1v) is 12.3. The molecule has 0 saturated carbocycles. The van der Waals surface area contributed by atoms with Crippen LogP contribution in [0, 0.1) is 0 Å². The number of nitrogens with zero attached hydrogens (tertiary/aromatic N) is 1. The van der Waals surface area contributed by atoms with Crippen molar-refractivity contribution in [3.63, 3.8) is 0 Å². The Morgan fingerprint density at radius 1 is 0.829 bits per heavy atom. The number of ether oxygens (including phenoxy) is 1. The van der Waals surface area contributed by atoms with E-state index in [0.717, 1.165) is 0 Å². The van der Waals surface area contributed by atoms with Crippen molar-refractivity contribution in [3.05, 3.63) is 119 Å². The van der Waals surface area contributed by atoms with E-state index in [1.165, 1.54) is 30.5 Å². The van der Waals surface area contributed by atoms with Gasteiger partial charge in [-0.2, -0.15) is 5.10 Å². The van der Waals surface area contributed by atoms with Crippen LogP contribution in [0.5, 0.6) is 11.5 Å².